The maximum Gasteiger partial charge on any atom is 0.416 e. The van der Waals surface area contributed by atoms with Gasteiger partial charge in [-0.2, -0.15) is 13.2 Å². The normalized spacial score (nSPS) is 15.1. The van der Waals surface area contributed by atoms with Gasteiger partial charge in [-0.3, -0.25) is 4.98 Å². The van der Waals surface area contributed by atoms with Crippen molar-refractivity contribution in [2.75, 3.05) is 31.6 Å². The van der Waals surface area contributed by atoms with Crippen LogP contribution in [0.3, 0.4) is 0 Å². The first-order valence-electron chi connectivity index (χ1n) is 11.1. The third-order valence-electron chi connectivity index (χ3n) is 5.69. The number of aryl methyl sites for hydroxylation is 1. The average molecular weight is 444 g/mol. The van der Waals surface area contributed by atoms with E-state index in [4.69, 9.17) is 4.74 Å². The SMILES string of the molecule is Cc1cc(Nc2cc(OCCCN3CCCCC3)cc(C(F)(F)F)c2)c2ccccc2n1. The largest absolute Gasteiger partial charge is 0.493 e. The van der Waals surface area contributed by atoms with Gasteiger partial charge >= 0.3 is 6.18 Å². The summed E-state index contributed by atoms with van der Waals surface area (Å²) in [6.45, 7) is 5.34. The Morgan fingerprint density at radius 2 is 1.81 bits per heavy atom. The molecule has 0 bridgehead atoms. The number of alkyl halides is 3. The number of para-hydroxylation sites is 1. The molecule has 0 saturated carbocycles. The molecule has 4 nitrogen and oxygen atoms in total. The quantitative estimate of drug-likeness (QED) is 0.420. The lowest BCUT2D eigenvalue weighted by atomic mass is 10.1. The zero-order valence-electron chi connectivity index (χ0n) is 18.2. The zero-order valence-corrected chi connectivity index (χ0v) is 18.2. The molecule has 0 aliphatic carbocycles. The number of ether oxygens (including phenoxy) is 1. The number of piperidine rings is 1. The number of halogens is 3. The first-order valence-corrected chi connectivity index (χ1v) is 11.1. The van der Waals surface area contributed by atoms with Gasteiger partial charge in [-0.15, -0.1) is 0 Å². The van der Waals surface area contributed by atoms with E-state index in [9.17, 15) is 13.2 Å². The van der Waals surface area contributed by atoms with Gasteiger partial charge < -0.3 is 15.0 Å². The lowest BCUT2D eigenvalue weighted by Crippen LogP contribution is -2.31. The molecule has 7 heteroatoms. The van der Waals surface area contributed by atoms with Crippen LogP contribution in [0.15, 0.2) is 48.5 Å². The van der Waals surface area contributed by atoms with Crippen LogP contribution in [0.4, 0.5) is 24.5 Å². The Morgan fingerprint density at radius 3 is 2.59 bits per heavy atom. The lowest BCUT2D eigenvalue weighted by Gasteiger charge is -2.26. The van der Waals surface area contributed by atoms with Crippen molar-refractivity contribution >= 4 is 22.3 Å². The molecular formula is C25H28F3N3O. The molecular weight excluding hydrogens is 415 g/mol. The molecule has 0 spiro atoms. The smallest absolute Gasteiger partial charge is 0.416 e. The van der Waals surface area contributed by atoms with Crippen molar-refractivity contribution in [3.05, 3.63) is 59.8 Å². The first-order chi connectivity index (χ1) is 15.4. The number of nitrogens with zero attached hydrogens (tertiary/aromatic N) is 2. The second-order valence-electron chi connectivity index (χ2n) is 8.30. The van der Waals surface area contributed by atoms with E-state index < -0.39 is 11.7 Å². The Morgan fingerprint density at radius 1 is 1.03 bits per heavy atom. The molecule has 1 aromatic heterocycles. The fourth-order valence-electron chi connectivity index (χ4n) is 4.15. The van der Waals surface area contributed by atoms with E-state index in [0.29, 0.717) is 18.0 Å². The number of hydrogen-bond acceptors (Lipinski definition) is 4. The molecule has 3 aromatic rings. The van der Waals surface area contributed by atoms with Crippen LogP contribution in [0.2, 0.25) is 0 Å². The summed E-state index contributed by atoms with van der Waals surface area (Å²) >= 11 is 0. The van der Waals surface area contributed by atoms with Crippen molar-refractivity contribution in [3.8, 4) is 5.75 Å². The second-order valence-corrected chi connectivity index (χ2v) is 8.30. The van der Waals surface area contributed by atoms with Gasteiger partial charge in [0.2, 0.25) is 0 Å². The van der Waals surface area contributed by atoms with Crippen LogP contribution in [-0.4, -0.2) is 36.1 Å². The number of benzene rings is 2. The van der Waals surface area contributed by atoms with E-state index in [1.54, 1.807) is 6.07 Å². The van der Waals surface area contributed by atoms with Crippen molar-refractivity contribution in [2.24, 2.45) is 0 Å². The van der Waals surface area contributed by atoms with Crippen LogP contribution in [-0.2, 0) is 6.18 Å². The van der Waals surface area contributed by atoms with E-state index in [-0.39, 0.29) is 5.75 Å². The number of likely N-dealkylation sites (tertiary alicyclic amines) is 1. The highest BCUT2D eigenvalue weighted by atomic mass is 19.4. The van der Waals surface area contributed by atoms with Gasteiger partial charge in [0.25, 0.3) is 0 Å². The van der Waals surface area contributed by atoms with Gasteiger partial charge in [-0.25, -0.2) is 0 Å². The van der Waals surface area contributed by atoms with Gasteiger partial charge in [-0.05, 0) is 63.5 Å². The average Bonchev–Trinajstić information content (AvgIpc) is 2.77. The summed E-state index contributed by atoms with van der Waals surface area (Å²) in [6.07, 6.45) is 0.0334. The van der Waals surface area contributed by atoms with Crippen LogP contribution in [0.25, 0.3) is 10.9 Å². The number of pyridine rings is 1. The summed E-state index contributed by atoms with van der Waals surface area (Å²) in [6, 6.07) is 13.2. The van der Waals surface area contributed by atoms with Gasteiger partial charge in [0.05, 0.1) is 17.7 Å². The molecule has 170 valence electrons. The van der Waals surface area contributed by atoms with E-state index in [0.717, 1.165) is 54.8 Å². The van der Waals surface area contributed by atoms with Gasteiger partial charge in [0.15, 0.2) is 0 Å². The Hall–Kier alpha value is -2.80. The number of fused-ring (bicyclic) bond motifs is 1. The minimum Gasteiger partial charge on any atom is -0.493 e. The number of rotatable bonds is 7. The molecule has 0 amide bonds. The topological polar surface area (TPSA) is 37.4 Å². The molecule has 1 fully saturated rings. The van der Waals surface area contributed by atoms with Crippen molar-refractivity contribution in [2.45, 2.75) is 38.8 Å². The highest BCUT2D eigenvalue weighted by Crippen LogP contribution is 2.36. The number of aromatic nitrogens is 1. The van der Waals surface area contributed by atoms with E-state index >= 15 is 0 Å². The Balaban J connectivity index is 1.52. The predicted octanol–water partition coefficient (Wildman–Crippen LogP) is 6.56. The highest BCUT2D eigenvalue weighted by Gasteiger charge is 2.31. The molecule has 0 unspecified atom stereocenters. The molecule has 32 heavy (non-hydrogen) atoms. The molecule has 1 aliphatic heterocycles. The number of hydrogen-bond donors (Lipinski definition) is 1. The summed E-state index contributed by atoms with van der Waals surface area (Å²) in [5.74, 6) is 0.219. The standard InChI is InChI=1S/C25H28F3N3O/c1-18-14-24(22-8-3-4-9-23(22)29-18)30-20-15-19(25(26,27)28)16-21(17-20)32-13-7-12-31-10-5-2-6-11-31/h3-4,8-9,14-17H,2,5-7,10-13H2,1H3,(H,29,30). The van der Waals surface area contributed by atoms with Gasteiger partial charge in [0, 0.05) is 35.1 Å². The predicted molar refractivity (Wildman–Crippen MR) is 122 cm³/mol. The fraction of sp³-hybridized carbons (Fsp3) is 0.400. The monoisotopic (exact) mass is 443 g/mol. The van der Waals surface area contributed by atoms with Crippen molar-refractivity contribution < 1.29 is 17.9 Å². The van der Waals surface area contributed by atoms with E-state index in [1.807, 2.05) is 37.3 Å². The molecule has 1 saturated heterocycles. The van der Waals surface area contributed by atoms with Crippen LogP contribution in [0, 0.1) is 6.92 Å². The Labute approximate surface area is 186 Å². The Kier molecular flexibility index (Phi) is 6.84. The lowest BCUT2D eigenvalue weighted by molar-refractivity contribution is -0.137. The number of anilines is 2. The third-order valence-corrected chi connectivity index (χ3v) is 5.69. The first kappa shape index (κ1) is 22.4. The van der Waals surface area contributed by atoms with Crippen molar-refractivity contribution in [1.29, 1.82) is 0 Å². The third kappa shape index (κ3) is 5.71. The zero-order chi connectivity index (χ0) is 22.6. The van der Waals surface area contributed by atoms with Gasteiger partial charge in [-0.1, -0.05) is 24.6 Å². The summed E-state index contributed by atoms with van der Waals surface area (Å²) in [5.41, 5.74) is 1.89. The summed E-state index contributed by atoms with van der Waals surface area (Å²) in [7, 11) is 0. The van der Waals surface area contributed by atoms with Crippen LogP contribution < -0.4 is 10.1 Å². The fourth-order valence-corrected chi connectivity index (χ4v) is 4.15. The van der Waals surface area contributed by atoms with E-state index in [1.165, 1.54) is 19.3 Å². The van der Waals surface area contributed by atoms with Gasteiger partial charge in [0.1, 0.15) is 5.75 Å². The summed E-state index contributed by atoms with van der Waals surface area (Å²) in [4.78, 5) is 6.88. The molecule has 0 radical (unpaired) electrons. The Bertz CT molecular complexity index is 1060. The molecule has 0 atom stereocenters. The van der Waals surface area contributed by atoms with Crippen LogP contribution in [0.5, 0.6) is 5.75 Å². The van der Waals surface area contributed by atoms with Crippen molar-refractivity contribution in [1.82, 2.24) is 9.88 Å². The minimum absolute atomic E-state index is 0.219. The van der Waals surface area contributed by atoms with Crippen LogP contribution >= 0.6 is 0 Å². The maximum atomic E-state index is 13.5. The minimum atomic E-state index is -4.46. The summed E-state index contributed by atoms with van der Waals surface area (Å²) < 4.78 is 46.3. The maximum absolute atomic E-state index is 13.5. The van der Waals surface area contributed by atoms with Crippen molar-refractivity contribution in [3.63, 3.8) is 0 Å². The molecule has 2 heterocycles. The molecule has 2 aromatic carbocycles. The molecule has 1 aliphatic rings. The second kappa shape index (κ2) is 9.77. The van der Waals surface area contributed by atoms with Crippen LogP contribution in [0.1, 0.15) is 36.9 Å². The summed E-state index contributed by atoms with van der Waals surface area (Å²) in [5, 5.41) is 4.00. The number of nitrogens with one attached hydrogen (secondary N) is 1. The highest BCUT2D eigenvalue weighted by molar-refractivity contribution is 5.93. The molecule has 1 N–H and O–H groups in total. The molecule has 4 rings (SSSR count). The van der Waals surface area contributed by atoms with E-state index in [2.05, 4.69) is 15.2 Å².